The minimum absolute atomic E-state index is 0.0414. The first kappa shape index (κ1) is 24.5. The molecule has 0 saturated carbocycles. The first-order valence-corrected chi connectivity index (χ1v) is 13.5. The topological polar surface area (TPSA) is 66.5 Å². The van der Waals surface area contributed by atoms with Crippen LogP contribution in [0.1, 0.15) is 41.1 Å². The van der Waals surface area contributed by atoms with E-state index in [1.165, 1.54) is 4.31 Å². The van der Waals surface area contributed by atoms with Crippen molar-refractivity contribution < 1.29 is 13.2 Å². The van der Waals surface area contributed by atoms with Crippen LogP contribution in [0.4, 0.5) is 0 Å². The van der Waals surface area contributed by atoms with E-state index in [0.717, 1.165) is 16.7 Å². The molecule has 1 saturated heterocycles. The van der Waals surface area contributed by atoms with E-state index in [9.17, 15) is 13.2 Å². The van der Waals surface area contributed by atoms with E-state index in [-0.39, 0.29) is 23.6 Å². The molecule has 0 unspecified atom stereocenters. The van der Waals surface area contributed by atoms with E-state index in [1.54, 1.807) is 24.3 Å². The molecule has 34 heavy (non-hydrogen) atoms. The summed E-state index contributed by atoms with van der Waals surface area (Å²) in [6, 6.07) is 24.7. The second kappa shape index (κ2) is 10.7. The Morgan fingerprint density at radius 1 is 0.971 bits per heavy atom. The number of carbonyl (C=O) groups excluding carboxylic acids is 1. The van der Waals surface area contributed by atoms with Gasteiger partial charge in [-0.05, 0) is 48.1 Å². The Morgan fingerprint density at radius 3 is 2.26 bits per heavy atom. The Morgan fingerprint density at radius 2 is 1.59 bits per heavy atom. The first-order chi connectivity index (χ1) is 16.3. The monoisotopic (exact) mass is 496 g/mol. The normalized spacial score (nSPS) is 16.2. The highest BCUT2D eigenvalue weighted by Gasteiger charge is 2.32. The zero-order valence-electron chi connectivity index (χ0n) is 19.2. The molecule has 3 aromatic carbocycles. The SMILES string of the molecule is Cc1ccccc1[C@@H](NC(=O)C1CCN(S(=O)(=O)Cc2ccccc2Cl)CC1)c1ccccc1. The van der Waals surface area contributed by atoms with Gasteiger partial charge in [0.05, 0.1) is 11.8 Å². The van der Waals surface area contributed by atoms with Crippen molar-refractivity contribution in [2.45, 2.75) is 31.6 Å². The lowest BCUT2D eigenvalue weighted by Crippen LogP contribution is -2.44. The van der Waals surface area contributed by atoms with Crippen molar-refractivity contribution in [3.8, 4) is 0 Å². The average Bonchev–Trinajstić information content (AvgIpc) is 2.85. The predicted molar refractivity (Wildman–Crippen MR) is 136 cm³/mol. The van der Waals surface area contributed by atoms with E-state index in [4.69, 9.17) is 11.6 Å². The van der Waals surface area contributed by atoms with Gasteiger partial charge < -0.3 is 5.32 Å². The van der Waals surface area contributed by atoms with E-state index < -0.39 is 10.0 Å². The lowest BCUT2D eigenvalue weighted by atomic mass is 9.92. The molecule has 7 heteroatoms. The fourth-order valence-electron chi connectivity index (χ4n) is 4.46. The second-order valence-corrected chi connectivity index (χ2v) is 11.1. The number of aryl methyl sites for hydroxylation is 1. The summed E-state index contributed by atoms with van der Waals surface area (Å²) in [5, 5.41) is 3.68. The van der Waals surface area contributed by atoms with Gasteiger partial charge in [0.2, 0.25) is 15.9 Å². The quantitative estimate of drug-likeness (QED) is 0.495. The Bertz CT molecular complexity index is 1240. The lowest BCUT2D eigenvalue weighted by Gasteiger charge is -2.32. The van der Waals surface area contributed by atoms with Gasteiger partial charge in [0, 0.05) is 24.0 Å². The Balaban J connectivity index is 1.43. The summed E-state index contributed by atoms with van der Waals surface area (Å²) >= 11 is 6.16. The third-order valence-electron chi connectivity index (χ3n) is 6.43. The maximum absolute atomic E-state index is 13.3. The van der Waals surface area contributed by atoms with Crippen molar-refractivity contribution in [1.29, 1.82) is 0 Å². The van der Waals surface area contributed by atoms with Crippen LogP contribution in [-0.2, 0) is 20.6 Å². The molecule has 0 spiro atoms. The number of halogens is 1. The van der Waals surface area contributed by atoms with Crippen LogP contribution in [0.15, 0.2) is 78.9 Å². The van der Waals surface area contributed by atoms with Crippen molar-refractivity contribution >= 4 is 27.5 Å². The molecule has 0 radical (unpaired) electrons. The van der Waals surface area contributed by atoms with Gasteiger partial charge in [0.15, 0.2) is 0 Å². The molecule has 0 bridgehead atoms. The van der Waals surface area contributed by atoms with Gasteiger partial charge in [-0.3, -0.25) is 4.79 Å². The number of benzene rings is 3. The minimum Gasteiger partial charge on any atom is -0.345 e. The highest BCUT2D eigenvalue weighted by Crippen LogP contribution is 2.28. The number of carbonyl (C=O) groups is 1. The molecule has 1 amide bonds. The molecular formula is C27H29ClN2O3S. The van der Waals surface area contributed by atoms with Crippen LogP contribution in [0.5, 0.6) is 0 Å². The van der Waals surface area contributed by atoms with E-state index in [0.29, 0.717) is 36.5 Å². The van der Waals surface area contributed by atoms with Gasteiger partial charge in [-0.15, -0.1) is 0 Å². The summed E-state index contributed by atoms with van der Waals surface area (Å²) in [6.45, 7) is 2.69. The first-order valence-electron chi connectivity index (χ1n) is 11.5. The van der Waals surface area contributed by atoms with Crippen LogP contribution >= 0.6 is 11.6 Å². The third kappa shape index (κ3) is 5.69. The van der Waals surface area contributed by atoms with Crippen LogP contribution in [0.2, 0.25) is 5.02 Å². The Kier molecular flexibility index (Phi) is 7.71. The molecule has 1 fully saturated rings. The number of hydrogen-bond donors (Lipinski definition) is 1. The fraction of sp³-hybridized carbons (Fsp3) is 0.296. The second-order valence-electron chi connectivity index (χ2n) is 8.73. The number of nitrogens with one attached hydrogen (secondary N) is 1. The number of amides is 1. The summed E-state index contributed by atoms with van der Waals surface area (Å²) in [5.41, 5.74) is 3.77. The minimum atomic E-state index is -3.51. The highest BCUT2D eigenvalue weighted by atomic mass is 35.5. The van der Waals surface area contributed by atoms with E-state index in [2.05, 4.69) is 5.32 Å². The summed E-state index contributed by atoms with van der Waals surface area (Å²) in [7, 11) is -3.51. The molecule has 3 aromatic rings. The zero-order valence-corrected chi connectivity index (χ0v) is 20.7. The molecule has 4 rings (SSSR count). The van der Waals surface area contributed by atoms with Gasteiger partial charge in [0.25, 0.3) is 0 Å². The number of rotatable bonds is 7. The predicted octanol–water partition coefficient (Wildman–Crippen LogP) is 5.10. The largest absolute Gasteiger partial charge is 0.345 e. The van der Waals surface area contributed by atoms with Gasteiger partial charge in [-0.1, -0.05) is 84.4 Å². The lowest BCUT2D eigenvalue weighted by molar-refractivity contribution is -0.126. The third-order valence-corrected chi connectivity index (χ3v) is 8.63. The van der Waals surface area contributed by atoms with Gasteiger partial charge >= 0.3 is 0 Å². The molecule has 1 heterocycles. The molecule has 0 aromatic heterocycles. The maximum Gasteiger partial charge on any atom is 0.223 e. The van der Waals surface area contributed by atoms with E-state index in [1.807, 2.05) is 61.5 Å². The molecule has 1 aliphatic rings. The van der Waals surface area contributed by atoms with Crippen LogP contribution in [0, 0.1) is 12.8 Å². The number of hydrogen-bond acceptors (Lipinski definition) is 3. The average molecular weight is 497 g/mol. The van der Waals surface area contributed by atoms with Crippen LogP contribution in [-0.4, -0.2) is 31.7 Å². The molecule has 0 aliphatic carbocycles. The number of sulfonamides is 1. The van der Waals surface area contributed by atoms with Crippen molar-refractivity contribution in [1.82, 2.24) is 9.62 Å². The summed E-state index contributed by atoms with van der Waals surface area (Å²) in [5.74, 6) is -0.408. The number of piperidine rings is 1. The molecule has 5 nitrogen and oxygen atoms in total. The Labute approximate surface area is 206 Å². The van der Waals surface area contributed by atoms with Crippen LogP contribution < -0.4 is 5.32 Å². The summed E-state index contributed by atoms with van der Waals surface area (Å²) in [6.07, 6.45) is 0.978. The van der Waals surface area contributed by atoms with Crippen molar-refractivity contribution in [3.63, 3.8) is 0 Å². The summed E-state index contributed by atoms with van der Waals surface area (Å²) in [4.78, 5) is 13.3. The maximum atomic E-state index is 13.3. The van der Waals surface area contributed by atoms with Crippen molar-refractivity contribution in [3.05, 3.63) is 106 Å². The highest BCUT2D eigenvalue weighted by molar-refractivity contribution is 7.88. The summed E-state index contributed by atoms with van der Waals surface area (Å²) < 4.78 is 27.4. The van der Waals surface area contributed by atoms with Gasteiger partial charge in [-0.2, -0.15) is 0 Å². The fourth-order valence-corrected chi connectivity index (χ4v) is 6.33. The van der Waals surface area contributed by atoms with Crippen molar-refractivity contribution in [2.24, 2.45) is 5.92 Å². The zero-order chi connectivity index (χ0) is 24.1. The number of nitrogens with zero attached hydrogens (tertiary/aromatic N) is 1. The molecular weight excluding hydrogens is 468 g/mol. The van der Waals surface area contributed by atoms with Crippen LogP contribution in [0.3, 0.4) is 0 Å². The standard InChI is InChI=1S/C27H29ClN2O3S/c1-20-9-5-7-13-24(20)26(21-10-3-2-4-11-21)29-27(31)22-15-17-30(18-16-22)34(32,33)19-23-12-6-8-14-25(23)28/h2-14,22,26H,15-19H2,1H3,(H,29,31)/t26-/m0/s1. The van der Waals surface area contributed by atoms with Crippen molar-refractivity contribution in [2.75, 3.05) is 13.1 Å². The van der Waals surface area contributed by atoms with Crippen LogP contribution in [0.25, 0.3) is 0 Å². The molecule has 1 aliphatic heterocycles. The molecule has 1 N–H and O–H groups in total. The smallest absolute Gasteiger partial charge is 0.223 e. The molecule has 178 valence electrons. The van der Waals surface area contributed by atoms with Gasteiger partial charge in [-0.25, -0.2) is 12.7 Å². The van der Waals surface area contributed by atoms with Gasteiger partial charge in [0.1, 0.15) is 0 Å². The Hall–Kier alpha value is -2.67. The van der Waals surface area contributed by atoms with E-state index >= 15 is 0 Å². The molecule has 1 atom stereocenters.